The molecule has 1 unspecified atom stereocenters. The first-order chi connectivity index (χ1) is 38.0. The quantitative estimate of drug-likeness (QED) is 0.0273. The van der Waals surface area contributed by atoms with Crippen molar-refractivity contribution >= 4 is 76.3 Å². The lowest BCUT2D eigenvalue weighted by molar-refractivity contribution is -0.150. The third-order valence-electron chi connectivity index (χ3n) is 14.6. The van der Waals surface area contributed by atoms with Crippen LogP contribution >= 0.6 is 18.9 Å². The molecule has 8 rings (SSSR count). The van der Waals surface area contributed by atoms with Crippen LogP contribution in [-0.2, 0) is 43.7 Å². The van der Waals surface area contributed by atoms with Gasteiger partial charge in [-0.25, -0.2) is 0 Å². The number of benzene rings is 3. The topological polar surface area (TPSA) is 258 Å². The zero-order valence-electron chi connectivity index (χ0n) is 44.7. The first-order valence-corrected chi connectivity index (χ1v) is 29.2. The number of morpholine rings is 1. The number of halogens is 2. The van der Waals surface area contributed by atoms with E-state index in [-0.39, 0.29) is 85.3 Å². The number of hydrogen-bond acceptors (Lipinski definition) is 12. The van der Waals surface area contributed by atoms with E-state index in [0.717, 1.165) is 78.9 Å². The fourth-order valence-electron chi connectivity index (χ4n) is 10.3. The molecule has 5 N–H and O–H groups in total. The highest BCUT2D eigenvalue weighted by Crippen LogP contribution is 2.59. The number of piperidine rings is 1. The average molecular weight is 1140 g/mol. The molecule has 426 valence electrons. The van der Waals surface area contributed by atoms with Crippen LogP contribution in [0.1, 0.15) is 145 Å². The SMILES string of the molecule is CC(C)(C)[C@H](NC(=O)c1cc2cc(C(F)(F)P(=O)(O)O)ccc2s1)C(=O)N1C[C@@H](OCC(=O)NCCCCCCCCCC#Cc2ccc3c(c2)C(=O)N(C2CCC(=O)NC2=O)C3=O)C[C@H]1C(=O)N1CCO[C@H](c2ccccc2)C1. The zero-order valence-corrected chi connectivity index (χ0v) is 46.4. The highest BCUT2D eigenvalue weighted by molar-refractivity contribution is 7.52. The number of imide groups is 2. The van der Waals surface area contributed by atoms with E-state index in [1.807, 2.05) is 30.3 Å². The van der Waals surface area contributed by atoms with Crippen molar-refractivity contribution in [1.29, 1.82) is 0 Å². The Kier molecular flexibility index (Phi) is 18.8. The number of likely N-dealkylation sites (tertiary alicyclic amines) is 1. The second-order valence-electron chi connectivity index (χ2n) is 21.5. The van der Waals surface area contributed by atoms with Crippen molar-refractivity contribution in [2.24, 2.45) is 5.41 Å². The number of nitrogens with zero attached hydrogens (tertiary/aromatic N) is 3. The maximum atomic E-state index is 14.8. The number of hydrogen-bond donors (Lipinski definition) is 5. The molecule has 3 aromatic carbocycles. The van der Waals surface area contributed by atoms with Crippen LogP contribution < -0.4 is 16.0 Å². The maximum absolute atomic E-state index is 14.8. The van der Waals surface area contributed by atoms with Gasteiger partial charge in [0.05, 0.1) is 35.3 Å². The van der Waals surface area contributed by atoms with E-state index in [4.69, 9.17) is 9.47 Å². The number of nitrogens with one attached hydrogen (secondary N) is 3. The van der Waals surface area contributed by atoms with Crippen LogP contribution in [0.4, 0.5) is 8.78 Å². The van der Waals surface area contributed by atoms with Crippen molar-refractivity contribution < 1.29 is 71.0 Å². The molecular formula is C57H65F2N6O13PS. The van der Waals surface area contributed by atoms with Crippen molar-refractivity contribution in [2.75, 3.05) is 39.4 Å². The zero-order chi connectivity index (χ0) is 57.5. The number of ether oxygens (including phenoxy) is 2. The highest BCUT2D eigenvalue weighted by atomic mass is 32.1. The molecule has 1 aromatic heterocycles. The van der Waals surface area contributed by atoms with Crippen LogP contribution in [0.15, 0.2) is 72.8 Å². The number of carbonyl (C=O) groups excluding carboxylic acids is 8. The van der Waals surface area contributed by atoms with Gasteiger partial charge in [-0.2, -0.15) is 8.78 Å². The Balaban J connectivity index is 0.796. The van der Waals surface area contributed by atoms with E-state index in [2.05, 4.69) is 27.8 Å². The summed E-state index contributed by atoms with van der Waals surface area (Å²) in [5.74, 6) is 2.00. The van der Waals surface area contributed by atoms with Crippen LogP contribution in [-0.4, -0.2) is 135 Å². The molecule has 0 saturated carbocycles. The Labute approximate surface area is 465 Å². The normalized spacial score (nSPS) is 20.1. The smallest absolute Gasteiger partial charge is 0.370 e. The van der Waals surface area contributed by atoms with E-state index in [1.54, 1.807) is 43.9 Å². The molecule has 3 fully saturated rings. The van der Waals surface area contributed by atoms with Crippen LogP contribution in [0.25, 0.3) is 10.1 Å². The summed E-state index contributed by atoms with van der Waals surface area (Å²) in [6.07, 6.45) is 6.19. The summed E-state index contributed by atoms with van der Waals surface area (Å²) in [6, 6.07) is 15.3. The number of amides is 8. The van der Waals surface area contributed by atoms with Crippen molar-refractivity contribution in [1.82, 2.24) is 30.7 Å². The number of rotatable bonds is 20. The number of unbranched alkanes of at least 4 members (excludes halogenated alkanes) is 7. The molecule has 4 aliphatic rings. The van der Waals surface area contributed by atoms with Gasteiger partial charge in [0.1, 0.15) is 30.8 Å². The fraction of sp³-hybridized carbons (Fsp3) is 0.474. The highest BCUT2D eigenvalue weighted by Gasteiger charge is 2.51. The lowest BCUT2D eigenvalue weighted by Gasteiger charge is -2.38. The van der Waals surface area contributed by atoms with E-state index in [9.17, 15) is 61.5 Å². The number of fused-ring (bicyclic) bond motifs is 2. The van der Waals surface area contributed by atoms with Gasteiger partial charge >= 0.3 is 13.3 Å². The number of thiophene rings is 1. The summed E-state index contributed by atoms with van der Waals surface area (Å²) in [4.78, 5) is 129. The van der Waals surface area contributed by atoms with E-state index < -0.39 is 90.0 Å². The van der Waals surface area contributed by atoms with Crippen molar-refractivity contribution in [2.45, 2.75) is 127 Å². The lowest BCUT2D eigenvalue weighted by atomic mass is 9.85. The van der Waals surface area contributed by atoms with E-state index in [0.29, 0.717) is 23.2 Å². The van der Waals surface area contributed by atoms with Gasteiger partial charge in [-0.05, 0) is 72.0 Å². The van der Waals surface area contributed by atoms with Crippen molar-refractivity contribution in [3.8, 4) is 11.8 Å². The minimum atomic E-state index is -5.85. The second kappa shape index (κ2) is 25.4. The second-order valence-corrected chi connectivity index (χ2v) is 24.3. The molecular weight excluding hydrogens is 1080 g/mol. The molecule has 4 aliphatic heterocycles. The Bertz CT molecular complexity index is 3150. The molecule has 5 atom stereocenters. The summed E-state index contributed by atoms with van der Waals surface area (Å²) >= 11 is 0.945. The van der Waals surface area contributed by atoms with Gasteiger partial charge in [-0.1, -0.05) is 101 Å². The van der Waals surface area contributed by atoms with Gasteiger partial charge in [0.2, 0.25) is 29.5 Å². The fourth-order valence-corrected chi connectivity index (χ4v) is 11.7. The van der Waals surface area contributed by atoms with Gasteiger partial charge in [-0.3, -0.25) is 53.1 Å². The third kappa shape index (κ3) is 13.9. The number of alkyl halides is 2. The molecule has 5 heterocycles. The monoisotopic (exact) mass is 1140 g/mol. The predicted molar refractivity (Wildman–Crippen MR) is 290 cm³/mol. The van der Waals surface area contributed by atoms with Gasteiger partial charge < -0.3 is 39.7 Å². The summed E-state index contributed by atoms with van der Waals surface area (Å²) in [7, 11) is -5.85. The van der Waals surface area contributed by atoms with Gasteiger partial charge in [0.15, 0.2) is 0 Å². The summed E-state index contributed by atoms with van der Waals surface area (Å²) in [5.41, 5.74) is -4.43. The Morgan fingerprint density at radius 3 is 2.33 bits per heavy atom. The molecule has 3 saturated heterocycles. The molecule has 19 nitrogen and oxygen atoms in total. The van der Waals surface area contributed by atoms with E-state index >= 15 is 0 Å². The first-order valence-electron chi connectivity index (χ1n) is 26.8. The van der Waals surface area contributed by atoms with Crippen molar-refractivity contribution in [3.05, 3.63) is 105 Å². The third-order valence-corrected chi connectivity index (χ3v) is 16.8. The van der Waals surface area contributed by atoms with Gasteiger partial charge in [-0.15, -0.1) is 11.3 Å². The largest absolute Gasteiger partial charge is 0.399 e. The van der Waals surface area contributed by atoms with Crippen LogP contribution in [0.3, 0.4) is 0 Å². The Morgan fingerprint density at radius 2 is 1.61 bits per heavy atom. The first kappa shape index (κ1) is 59.4. The molecule has 8 amide bonds. The summed E-state index contributed by atoms with van der Waals surface area (Å²) < 4.78 is 53.2. The van der Waals surface area contributed by atoms with Crippen molar-refractivity contribution in [3.63, 3.8) is 0 Å². The number of carbonyl (C=O) groups is 8. The average Bonchev–Trinajstić information content (AvgIpc) is 4.19. The van der Waals surface area contributed by atoms with Gasteiger partial charge in [0, 0.05) is 54.7 Å². The molecule has 0 aliphatic carbocycles. The summed E-state index contributed by atoms with van der Waals surface area (Å²) in [5, 5.41) is 8.04. The molecule has 23 heteroatoms. The Morgan fingerprint density at radius 1 is 0.900 bits per heavy atom. The van der Waals surface area contributed by atoms with E-state index in [1.165, 1.54) is 17.0 Å². The predicted octanol–water partition coefficient (Wildman–Crippen LogP) is 6.55. The van der Waals surface area contributed by atoms with Crippen LogP contribution in [0.5, 0.6) is 0 Å². The maximum Gasteiger partial charge on any atom is 0.399 e. The molecule has 0 bridgehead atoms. The summed E-state index contributed by atoms with van der Waals surface area (Å²) in [6.45, 7) is 6.04. The minimum Gasteiger partial charge on any atom is -0.370 e. The van der Waals surface area contributed by atoms with Crippen LogP contribution in [0, 0.1) is 17.3 Å². The standard InChI is InChI=1S/C57H65F2N6O13PS/c1-56(2,3)49(62-51(69)46-30-37-29-38(20-23-45(37)80-46)57(58,59)79(74,75)76)55(73)64-32-39(31-43(64)54(72)63-26-27-77-44(33-63)36-17-13-11-14-18-36)78-34-48(67)60-25-15-10-8-6-4-5-7-9-12-16-35-19-21-40-41(28-35)53(71)65(52(40)70)42-22-24-47(66)61-50(42)68/h11,13-14,17-21,23,28-30,39,42-44,49H,4-10,15,22,24-27,31-34H2,1-3H3,(H,60,67)(H,62,69)(H,61,66,68)(H2,74,75,76)/t39-,42?,43-,44-,49+/m0/s1. The van der Waals surface area contributed by atoms with Gasteiger partial charge in [0.25, 0.3) is 17.7 Å². The molecule has 80 heavy (non-hydrogen) atoms. The lowest BCUT2D eigenvalue weighted by Crippen LogP contribution is -2.58. The molecule has 0 radical (unpaired) electrons. The van der Waals surface area contributed by atoms with Crippen LogP contribution in [0.2, 0.25) is 0 Å². The minimum absolute atomic E-state index is 0.0441. The Hall–Kier alpha value is -6.73. The molecule has 0 spiro atoms. The molecule has 4 aromatic rings.